The molecule has 0 saturated heterocycles. The first-order valence-electron chi connectivity index (χ1n) is 6.22. The zero-order chi connectivity index (χ0) is 15.4. The van der Waals surface area contributed by atoms with Gasteiger partial charge in [-0.15, -0.1) is 0 Å². The van der Waals surface area contributed by atoms with Crippen molar-refractivity contribution < 1.29 is 9.31 Å². The van der Waals surface area contributed by atoms with Gasteiger partial charge in [0.2, 0.25) is 0 Å². The first-order chi connectivity index (χ1) is 10.0. The van der Waals surface area contributed by atoms with Crippen molar-refractivity contribution in [1.29, 1.82) is 0 Å². The van der Waals surface area contributed by atoms with Gasteiger partial charge < -0.3 is 10.3 Å². The molecule has 0 spiro atoms. The van der Waals surface area contributed by atoms with Crippen molar-refractivity contribution in [3.05, 3.63) is 64.0 Å². The van der Waals surface area contributed by atoms with Crippen LogP contribution < -0.4 is 16.2 Å². The van der Waals surface area contributed by atoms with Crippen LogP contribution in [-0.4, -0.2) is 12.0 Å². The maximum absolute atomic E-state index is 12.9. The van der Waals surface area contributed by atoms with E-state index < -0.39 is 4.92 Å². The summed E-state index contributed by atoms with van der Waals surface area (Å²) in [4.78, 5) is 12.2. The van der Waals surface area contributed by atoms with E-state index in [0.717, 1.165) is 5.69 Å². The Kier molecular flexibility index (Phi) is 4.34. The van der Waals surface area contributed by atoms with Crippen molar-refractivity contribution >= 4 is 17.1 Å². The van der Waals surface area contributed by atoms with E-state index in [2.05, 4.69) is 5.43 Å². The minimum atomic E-state index is -0.457. The summed E-state index contributed by atoms with van der Waals surface area (Å²) >= 11 is 0. The fraction of sp³-hybridized carbons (Fsp3) is 0.143. The Balaban J connectivity index is 2.26. The number of halogens is 1. The van der Waals surface area contributed by atoms with Gasteiger partial charge in [0, 0.05) is 37.0 Å². The third-order valence-electron chi connectivity index (χ3n) is 3.13. The fourth-order valence-corrected chi connectivity index (χ4v) is 2.01. The molecule has 0 aliphatic carbocycles. The number of rotatable bonds is 5. The molecule has 0 radical (unpaired) electrons. The monoisotopic (exact) mass is 290 g/mol. The van der Waals surface area contributed by atoms with Gasteiger partial charge in [0.05, 0.1) is 10.6 Å². The number of nitrogen functional groups attached to an aromatic ring is 1. The first-order valence-corrected chi connectivity index (χ1v) is 6.22. The molecule has 7 heteroatoms. The van der Waals surface area contributed by atoms with Gasteiger partial charge in [-0.05, 0) is 30.3 Å². The number of non-ortho nitro benzene ring substituents is 1. The van der Waals surface area contributed by atoms with Gasteiger partial charge in [0.25, 0.3) is 5.69 Å². The molecule has 2 aromatic rings. The number of hydrogen-bond acceptors (Lipinski definition) is 5. The van der Waals surface area contributed by atoms with E-state index in [-0.39, 0.29) is 11.5 Å². The number of benzene rings is 2. The third-order valence-corrected chi connectivity index (χ3v) is 3.13. The van der Waals surface area contributed by atoms with E-state index in [4.69, 9.17) is 5.84 Å². The van der Waals surface area contributed by atoms with Crippen LogP contribution in [0, 0.1) is 15.9 Å². The zero-order valence-corrected chi connectivity index (χ0v) is 11.4. The van der Waals surface area contributed by atoms with Crippen LogP contribution in [0.1, 0.15) is 5.56 Å². The Labute approximate surface area is 121 Å². The van der Waals surface area contributed by atoms with Crippen molar-refractivity contribution in [3.63, 3.8) is 0 Å². The molecule has 0 saturated carbocycles. The Morgan fingerprint density at radius 2 is 1.95 bits per heavy atom. The fourth-order valence-electron chi connectivity index (χ4n) is 2.01. The average molecular weight is 290 g/mol. The second-order valence-corrected chi connectivity index (χ2v) is 4.58. The van der Waals surface area contributed by atoms with Crippen LogP contribution in [-0.2, 0) is 6.54 Å². The molecule has 110 valence electrons. The summed E-state index contributed by atoms with van der Waals surface area (Å²) in [5.41, 5.74) is 4.60. The van der Waals surface area contributed by atoms with Gasteiger partial charge in [-0.1, -0.05) is 0 Å². The number of nitrogens with two attached hydrogens (primary N) is 1. The smallest absolute Gasteiger partial charge is 0.269 e. The molecule has 0 aliphatic heterocycles. The maximum Gasteiger partial charge on any atom is 0.269 e. The molecule has 6 nitrogen and oxygen atoms in total. The lowest BCUT2D eigenvalue weighted by Gasteiger charge is -2.21. The van der Waals surface area contributed by atoms with E-state index in [9.17, 15) is 14.5 Å². The number of nitrogens with zero attached hydrogens (tertiary/aromatic N) is 2. The summed E-state index contributed by atoms with van der Waals surface area (Å²) in [6.45, 7) is 0.396. The molecular formula is C14H15FN4O2. The predicted octanol–water partition coefficient (Wildman–Crippen LogP) is 2.66. The lowest BCUT2D eigenvalue weighted by atomic mass is 10.1. The normalized spacial score (nSPS) is 10.2. The van der Waals surface area contributed by atoms with Gasteiger partial charge in [0.15, 0.2) is 0 Å². The van der Waals surface area contributed by atoms with Crippen LogP contribution in [0.2, 0.25) is 0 Å². The second kappa shape index (κ2) is 6.19. The lowest BCUT2D eigenvalue weighted by molar-refractivity contribution is -0.384. The highest BCUT2D eigenvalue weighted by atomic mass is 19.1. The number of hydrogen-bond donors (Lipinski definition) is 2. The molecule has 0 aromatic heterocycles. The Bertz CT molecular complexity index is 646. The lowest BCUT2D eigenvalue weighted by Crippen LogP contribution is -2.19. The van der Waals surface area contributed by atoms with Gasteiger partial charge in [-0.2, -0.15) is 0 Å². The number of anilines is 2. The average Bonchev–Trinajstić information content (AvgIpc) is 2.47. The van der Waals surface area contributed by atoms with Crippen LogP contribution in [0.25, 0.3) is 0 Å². The van der Waals surface area contributed by atoms with Crippen molar-refractivity contribution in [2.75, 3.05) is 17.4 Å². The first kappa shape index (κ1) is 14.7. The summed E-state index contributed by atoms with van der Waals surface area (Å²) in [6, 6.07) is 10.4. The number of hydrazine groups is 1. The summed E-state index contributed by atoms with van der Waals surface area (Å²) < 4.78 is 12.9. The highest BCUT2D eigenvalue weighted by Gasteiger charge is 2.12. The van der Waals surface area contributed by atoms with Crippen molar-refractivity contribution in [2.45, 2.75) is 6.54 Å². The molecule has 0 fully saturated rings. The topological polar surface area (TPSA) is 84.4 Å². The molecule has 0 atom stereocenters. The minimum absolute atomic E-state index is 0.00324. The summed E-state index contributed by atoms with van der Waals surface area (Å²) in [6.07, 6.45) is 0. The van der Waals surface area contributed by atoms with E-state index in [1.54, 1.807) is 18.2 Å². The number of nitro groups is 1. The van der Waals surface area contributed by atoms with Crippen molar-refractivity contribution in [2.24, 2.45) is 5.84 Å². The second-order valence-electron chi connectivity index (χ2n) is 4.58. The highest BCUT2D eigenvalue weighted by Crippen LogP contribution is 2.24. The minimum Gasteiger partial charge on any atom is -0.370 e. The molecule has 21 heavy (non-hydrogen) atoms. The van der Waals surface area contributed by atoms with Crippen LogP contribution >= 0.6 is 0 Å². The van der Waals surface area contributed by atoms with Gasteiger partial charge in [0.1, 0.15) is 5.82 Å². The Hall–Kier alpha value is -2.67. The standard InChI is InChI=1S/C14H15FN4O2/c1-18(12-4-2-11(15)3-5-12)9-10-8-13(19(20)21)6-7-14(10)17-16/h2-8,17H,9,16H2,1H3. The molecule has 0 bridgehead atoms. The van der Waals surface area contributed by atoms with Crippen molar-refractivity contribution in [3.8, 4) is 0 Å². The molecule has 0 unspecified atom stereocenters. The van der Waals surface area contributed by atoms with E-state index in [1.165, 1.54) is 24.3 Å². The largest absolute Gasteiger partial charge is 0.370 e. The number of nitrogens with one attached hydrogen (secondary N) is 1. The molecule has 3 N–H and O–H groups in total. The van der Waals surface area contributed by atoms with Crippen LogP contribution in [0.4, 0.5) is 21.5 Å². The Morgan fingerprint density at radius 1 is 1.29 bits per heavy atom. The molecule has 2 aromatic carbocycles. The Morgan fingerprint density at radius 3 is 2.52 bits per heavy atom. The summed E-state index contributed by atoms with van der Waals surface area (Å²) in [5, 5.41) is 10.8. The van der Waals surface area contributed by atoms with Gasteiger partial charge in [-0.25, -0.2) is 4.39 Å². The van der Waals surface area contributed by atoms with Crippen molar-refractivity contribution in [1.82, 2.24) is 0 Å². The van der Waals surface area contributed by atoms with E-state index in [1.807, 2.05) is 11.9 Å². The SMILES string of the molecule is CN(Cc1cc([N+](=O)[O-])ccc1NN)c1ccc(F)cc1. The van der Waals surface area contributed by atoms with E-state index in [0.29, 0.717) is 17.8 Å². The molecule has 2 rings (SSSR count). The van der Waals surface area contributed by atoms with Gasteiger partial charge in [-0.3, -0.25) is 16.0 Å². The summed E-state index contributed by atoms with van der Waals surface area (Å²) in [5.74, 6) is 5.11. The molecule has 0 heterocycles. The zero-order valence-electron chi connectivity index (χ0n) is 11.4. The molecular weight excluding hydrogens is 275 g/mol. The van der Waals surface area contributed by atoms with Gasteiger partial charge >= 0.3 is 0 Å². The summed E-state index contributed by atoms with van der Waals surface area (Å²) in [7, 11) is 1.81. The third kappa shape index (κ3) is 3.46. The van der Waals surface area contributed by atoms with Crippen LogP contribution in [0.5, 0.6) is 0 Å². The predicted molar refractivity (Wildman–Crippen MR) is 79.4 cm³/mol. The number of nitro benzene ring substituents is 1. The molecule has 0 amide bonds. The van der Waals surface area contributed by atoms with Crippen LogP contribution in [0.15, 0.2) is 42.5 Å². The maximum atomic E-state index is 12.9. The van der Waals surface area contributed by atoms with Crippen LogP contribution in [0.3, 0.4) is 0 Å². The van der Waals surface area contributed by atoms with E-state index >= 15 is 0 Å². The quantitative estimate of drug-likeness (QED) is 0.502. The molecule has 0 aliphatic rings. The highest BCUT2D eigenvalue weighted by molar-refractivity contribution is 5.57.